The van der Waals surface area contributed by atoms with Crippen LogP contribution < -0.4 is 9.81 Å². The topological polar surface area (TPSA) is 0 Å². The Bertz CT molecular complexity index is 3060. The zero-order valence-corrected chi connectivity index (χ0v) is 38.4. The van der Waals surface area contributed by atoms with Crippen LogP contribution in [-0.4, -0.2) is 4.21 Å². The van der Waals surface area contributed by atoms with E-state index < -0.39 is 18.3 Å². The molecule has 0 amide bonds. The average molecular weight is 854 g/mol. The molecule has 0 unspecified atom stereocenters. The van der Waals surface area contributed by atoms with Crippen molar-refractivity contribution in [3.05, 3.63) is 208 Å². The van der Waals surface area contributed by atoms with Gasteiger partial charge >= 0.3 is 360 Å². The van der Waals surface area contributed by atoms with Gasteiger partial charge in [-0.25, -0.2) is 0 Å². The Morgan fingerprint density at radius 1 is 0.483 bits per heavy atom. The Kier molecular flexibility index (Phi) is 9.06. The van der Waals surface area contributed by atoms with Crippen LogP contribution in [0.15, 0.2) is 185 Å². The van der Waals surface area contributed by atoms with Crippen molar-refractivity contribution < 1.29 is 18.3 Å². The first-order valence-electron chi connectivity index (χ1n) is 21.7. The van der Waals surface area contributed by atoms with Gasteiger partial charge < -0.3 is 0 Å². The Hall–Kier alpha value is -5.49. The maximum atomic E-state index is 6.08. The monoisotopic (exact) mass is 852 g/mol. The molecule has 1 heteroatoms. The molecule has 0 saturated carbocycles. The van der Waals surface area contributed by atoms with Crippen molar-refractivity contribution in [2.24, 2.45) is 0 Å². The molecule has 2 aliphatic carbocycles. The van der Waals surface area contributed by atoms with Crippen molar-refractivity contribution in [2.45, 2.75) is 65.2 Å². The van der Waals surface area contributed by atoms with E-state index in [1.54, 1.807) is 0 Å². The molecule has 0 bridgehead atoms. The molecular weight excluding hydrogens is 800 g/mol. The molecule has 10 rings (SSSR count). The second-order valence-electron chi connectivity index (χ2n) is 19.6. The van der Waals surface area contributed by atoms with Crippen molar-refractivity contribution in [1.82, 2.24) is 0 Å². The Labute approximate surface area is 357 Å². The third-order valence-electron chi connectivity index (χ3n) is 13.9. The van der Waals surface area contributed by atoms with Crippen LogP contribution in [0.4, 0.5) is 0 Å². The molecule has 0 radical (unpaired) electrons. The SMILES string of the molecule is [CH2]=[Zr]([C]1=CC=CC1)([c]1ccc2ccccc2c1)([c]1ccc2ccccc2c1)[c]1c2c(cc(C(C)(C)C)c1-c1ccccc1)-c1cc(C(C)(C)C)c(-c3ccccc3)cc1C2. The van der Waals surface area contributed by atoms with E-state index in [9.17, 15) is 0 Å². The summed E-state index contributed by atoms with van der Waals surface area (Å²) >= 11 is -5.38. The predicted molar refractivity (Wildman–Crippen MR) is 259 cm³/mol. The molecule has 294 valence electrons. The summed E-state index contributed by atoms with van der Waals surface area (Å²) in [6.45, 7) is 14.3. The van der Waals surface area contributed by atoms with E-state index in [1.807, 2.05) is 0 Å². The summed E-state index contributed by atoms with van der Waals surface area (Å²) in [4.78, 5) is 0. The average Bonchev–Trinajstić information content (AvgIpc) is 3.94. The van der Waals surface area contributed by atoms with E-state index in [-0.39, 0.29) is 10.8 Å². The first-order chi connectivity index (χ1) is 28.8. The molecule has 0 saturated heterocycles. The van der Waals surface area contributed by atoms with Crippen molar-refractivity contribution in [3.63, 3.8) is 0 Å². The van der Waals surface area contributed by atoms with Crippen LogP contribution in [-0.2, 0) is 35.5 Å². The van der Waals surface area contributed by atoms with E-state index in [0.717, 1.165) is 12.8 Å². The van der Waals surface area contributed by atoms with Crippen LogP contribution in [0, 0.1) is 0 Å². The summed E-state index contributed by atoms with van der Waals surface area (Å²) < 4.78 is 11.9. The second-order valence-corrected chi connectivity index (χ2v) is 32.4. The van der Waals surface area contributed by atoms with E-state index in [4.69, 9.17) is 4.21 Å². The maximum absolute atomic E-state index is 6.08. The standard InChI is InChI=1S/C33H33.2C10H7.C5H5.CH2.Zr/c1-32(2,3)30-20-26-24(18-28(30)22-13-9-7-10-14-22)17-25-19-29(23-15-11-8-12-16-23)31(21-27(25)26)33(4,5)6;2*1-2-6-10-8-4-3-7-9(10)5-1;1-2-4-5-3-1;;/h7-16,18,20-21H,17H2,1-6H3;2*1-3,5-8H;1-3H,4H2;1H2;. The van der Waals surface area contributed by atoms with Gasteiger partial charge in [0.25, 0.3) is 0 Å². The van der Waals surface area contributed by atoms with Crippen LogP contribution in [0.2, 0.25) is 0 Å². The fraction of sp³-hybridized carbons (Fsp3) is 0.169. The molecule has 0 N–H and O–H groups in total. The third-order valence-corrected chi connectivity index (χ3v) is 30.2. The van der Waals surface area contributed by atoms with E-state index in [0.29, 0.717) is 0 Å². The minimum atomic E-state index is -5.38. The predicted octanol–water partition coefficient (Wildman–Crippen LogP) is 13.7. The molecule has 0 aliphatic heterocycles. The van der Waals surface area contributed by atoms with E-state index in [1.165, 1.54) is 90.3 Å². The number of fused-ring (bicyclic) bond motifs is 5. The molecule has 0 atom stereocenters. The zero-order valence-electron chi connectivity index (χ0n) is 35.9. The molecule has 0 nitrogen and oxygen atoms in total. The quantitative estimate of drug-likeness (QED) is 0.156. The number of allylic oxidation sites excluding steroid dienone is 4. The Morgan fingerprint density at radius 3 is 1.53 bits per heavy atom. The summed E-state index contributed by atoms with van der Waals surface area (Å²) in [5.41, 5.74) is 13.4. The number of hydrogen-bond acceptors (Lipinski definition) is 0. The molecule has 0 aromatic heterocycles. The minimum absolute atomic E-state index is 0.0599. The second kappa shape index (κ2) is 14.0. The molecule has 8 aromatic carbocycles. The van der Waals surface area contributed by atoms with Crippen LogP contribution >= 0.6 is 0 Å². The van der Waals surface area contributed by atoms with Crippen molar-refractivity contribution in [3.8, 4) is 33.4 Å². The van der Waals surface area contributed by atoms with Crippen molar-refractivity contribution >= 4 is 35.6 Å². The summed E-state index contributed by atoms with van der Waals surface area (Å²) in [5, 5.41) is 5.05. The fourth-order valence-electron chi connectivity index (χ4n) is 10.9. The van der Waals surface area contributed by atoms with E-state index in [2.05, 4.69) is 224 Å². The molecule has 0 spiro atoms. The van der Waals surface area contributed by atoms with E-state index >= 15 is 0 Å². The normalized spacial score (nSPS) is 14.1. The summed E-state index contributed by atoms with van der Waals surface area (Å²) in [6, 6.07) is 62.6. The molecule has 60 heavy (non-hydrogen) atoms. The van der Waals surface area contributed by atoms with Crippen LogP contribution in [0.3, 0.4) is 0 Å². The third kappa shape index (κ3) is 5.91. The number of rotatable bonds is 6. The van der Waals surface area contributed by atoms with Gasteiger partial charge in [0.1, 0.15) is 0 Å². The van der Waals surface area contributed by atoms with Gasteiger partial charge in [0.15, 0.2) is 0 Å². The van der Waals surface area contributed by atoms with Gasteiger partial charge in [0.2, 0.25) is 0 Å². The molecule has 0 heterocycles. The summed E-state index contributed by atoms with van der Waals surface area (Å²) in [5.74, 6) is 0. The summed E-state index contributed by atoms with van der Waals surface area (Å²) in [6.07, 6.45) is 8.90. The van der Waals surface area contributed by atoms with Gasteiger partial charge in [-0.05, 0) is 0 Å². The van der Waals surface area contributed by atoms with Crippen LogP contribution in [0.5, 0.6) is 0 Å². The fourth-order valence-corrected chi connectivity index (χ4v) is 27.0. The Morgan fingerprint density at radius 2 is 1.00 bits per heavy atom. The number of benzene rings is 8. The van der Waals surface area contributed by atoms with Crippen LogP contribution in [0.1, 0.15) is 70.2 Å². The molecule has 8 aromatic rings. The van der Waals surface area contributed by atoms with Crippen molar-refractivity contribution in [1.29, 1.82) is 0 Å². The van der Waals surface area contributed by atoms with Gasteiger partial charge in [-0.1, -0.05) is 0 Å². The van der Waals surface area contributed by atoms with Gasteiger partial charge in [-0.3, -0.25) is 0 Å². The first-order valence-corrected chi connectivity index (χ1v) is 28.4. The molecule has 2 aliphatic rings. The Balaban J connectivity index is 1.44. The van der Waals surface area contributed by atoms with Crippen LogP contribution in [0.25, 0.3) is 54.9 Å². The van der Waals surface area contributed by atoms with Gasteiger partial charge in [0.05, 0.1) is 0 Å². The summed E-state index contributed by atoms with van der Waals surface area (Å²) in [7, 11) is 0. The molecular formula is C59H54Zr. The van der Waals surface area contributed by atoms with Gasteiger partial charge in [-0.2, -0.15) is 0 Å². The van der Waals surface area contributed by atoms with Gasteiger partial charge in [-0.15, -0.1) is 0 Å². The number of hydrogen-bond donors (Lipinski definition) is 0. The van der Waals surface area contributed by atoms with Gasteiger partial charge in [0, 0.05) is 0 Å². The molecule has 0 fully saturated rings. The first kappa shape index (κ1) is 38.7. The van der Waals surface area contributed by atoms with Crippen molar-refractivity contribution in [2.75, 3.05) is 0 Å². The zero-order chi connectivity index (χ0) is 41.5.